The molecule has 112 valence electrons. The van der Waals surface area contributed by atoms with Gasteiger partial charge in [0.15, 0.2) is 0 Å². The van der Waals surface area contributed by atoms with Crippen LogP contribution in [0.4, 0.5) is 10.2 Å². The van der Waals surface area contributed by atoms with Gasteiger partial charge in [-0.15, -0.1) is 0 Å². The Balaban J connectivity index is 2.41. The van der Waals surface area contributed by atoms with Crippen molar-refractivity contribution in [2.24, 2.45) is 5.14 Å². The molecule has 0 radical (unpaired) electrons. The Bertz CT molecular complexity index is 820. The second kappa shape index (κ2) is 5.39. The van der Waals surface area contributed by atoms with Gasteiger partial charge in [-0.1, -0.05) is 17.7 Å². The molecule has 0 saturated carbocycles. The summed E-state index contributed by atoms with van der Waals surface area (Å²) in [6.07, 6.45) is 0.935. The minimum atomic E-state index is -4.28. The van der Waals surface area contributed by atoms with E-state index in [-0.39, 0.29) is 11.6 Å². The smallest absolute Gasteiger partial charge is 0.358 e. The summed E-state index contributed by atoms with van der Waals surface area (Å²) < 4.78 is 36.6. The number of aromatic nitrogens is 2. The fourth-order valence-corrected chi connectivity index (χ4v) is 2.47. The Hall–Kier alpha value is -2.04. The minimum Gasteiger partial charge on any atom is -0.358 e. The van der Waals surface area contributed by atoms with Crippen LogP contribution in [0.25, 0.3) is 0 Å². The summed E-state index contributed by atoms with van der Waals surface area (Å²) in [6.45, 7) is -0.0314. The SMILES string of the molecule is NS(=O)(=O)c1cn(Cc2ccc(F)c(Cl)c2)nc1[N+](=O)[O-]. The molecule has 1 aromatic heterocycles. The summed E-state index contributed by atoms with van der Waals surface area (Å²) in [5.41, 5.74) is 0.486. The van der Waals surface area contributed by atoms with E-state index in [0.29, 0.717) is 5.56 Å². The van der Waals surface area contributed by atoms with E-state index in [1.807, 2.05) is 0 Å². The van der Waals surface area contributed by atoms with E-state index >= 15 is 0 Å². The molecule has 2 N–H and O–H groups in total. The number of sulfonamides is 1. The van der Waals surface area contributed by atoms with E-state index in [0.717, 1.165) is 16.9 Å². The summed E-state index contributed by atoms with van der Waals surface area (Å²) in [5.74, 6) is -1.48. The lowest BCUT2D eigenvalue weighted by Gasteiger charge is -2.00. The Morgan fingerprint density at radius 1 is 1.48 bits per heavy atom. The minimum absolute atomic E-state index is 0.0314. The number of nitrogens with zero attached hydrogens (tertiary/aromatic N) is 3. The van der Waals surface area contributed by atoms with Crippen LogP contribution in [-0.2, 0) is 16.6 Å². The van der Waals surface area contributed by atoms with Gasteiger partial charge in [0.05, 0.1) is 22.9 Å². The number of nitro groups is 1. The largest absolute Gasteiger partial charge is 0.410 e. The Morgan fingerprint density at radius 3 is 2.62 bits per heavy atom. The number of hydrogen-bond donors (Lipinski definition) is 1. The molecule has 0 bridgehead atoms. The monoisotopic (exact) mass is 334 g/mol. The lowest BCUT2D eigenvalue weighted by molar-refractivity contribution is -0.392. The molecule has 2 aromatic rings. The van der Waals surface area contributed by atoms with Crippen molar-refractivity contribution in [3.63, 3.8) is 0 Å². The summed E-state index contributed by atoms with van der Waals surface area (Å²) in [4.78, 5) is 9.13. The van der Waals surface area contributed by atoms with Crippen LogP contribution in [-0.4, -0.2) is 23.1 Å². The lowest BCUT2D eigenvalue weighted by Crippen LogP contribution is -2.13. The fourth-order valence-electron chi connectivity index (χ4n) is 1.63. The normalized spacial score (nSPS) is 11.6. The zero-order valence-corrected chi connectivity index (χ0v) is 11.8. The molecule has 0 unspecified atom stereocenters. The molecule has 0 amide bonds. The van der Waals surface area contributed by atoms with Gasteiger partial charge >= 0.3 is 5.82 Å². The van der Waals surface area contributed by atoms with Gasteiger partial charge in [0.1, 0.15) is 5.82 Å². The maximum absolute atomic E-state index is 13.0. The van der Waals surface area contributed by atoms with Crippen LogP contribution in [0.2, 0.25) is 5.02 Å². The van der Waals surface area contributed by atoms with Crippen molar-refractivity contribution < 1.29 is 17.7 Å². The van der Waals surface area contributed by atoms with Crippen LogP contribution >= 0.6 is 11.6 Å². The highest BCUT2D eigenvalue weighted by molar-refractivity contribution is 7.89. The van der Waals surface area contributed by atoms with Crippen LogP contribution in [0.1, 0.15) is 5.56 Å². The molecule has 8 nitrogen and oxygen atoms in total. The Labute approximate surface area is 123 Å². The topological polar surface area (TPSA) is 121 Å². The third-order valence-electron chi connectivity index (χ3n) is 2.52. The molecule has 0 saturated heterocycles. The van der Waals surface area contributed by atoms with E-state index in [1.165, 1.54) is 12.1 Å². The van der Waals surface area contributed by atoms with Gasteiger partial charge in [-0.25, -0.2) is 17.9 Å². The van der Waals surface area contributed by atoms with Crippen LogP contribution < -0.4 is 5.14 Å². The first-order valence-corrected chi connectivity index (χ1v) is 7.29. The molecule has 0 aliphatic heterocycles. The van der Waals surface area contributed by atoms with Gasteiger partial charge in [-0.3, -0.25) is 0 Å². The molecule has 0 aliphatic rings. The quantitative estimate of drug-likeness (QED) is 0.666. The molecular formula is C10H8ClFN4O4S. The van der Waals surface area contributed by atoms with Gasteiger partial charge in [0.25, 0.3) is 0 Å². The van der Waals surface area contributed by atoms with Crippen molar-refractivity contribution in [3.8, 4) is 0 Å². The zero-order valence-electron chi connectivity index (χ0n) is 10.2. The van der Waals surface area contributed by atoms with Crippen molar-refractivity contribution >= 4 is 27.4 Å². The Kier molecular flexibility index (Phi) is 3.94. The number of halogens is 2. The molecule has 0 aliphatic carbocycles. The highest BCUT2D eigenvalue weighted by Gasteiger charge is 2.28. The van der Waals surface area contributed by atoms with E-state index in [2.05, 4.69) is 5.10 Å². The second-order valence-electron chi connectivity index (χ2n) is 4.07. The van der Waals surface area contributed by atoms with Crippen molar-refractivity contribution in [1.82, 2.24) is 9.78 Å². The lowest BCUT2D eigenvalue weighted by atomic mass is 10.2. The third-order valence-corrected chi connectivity index (χ3v) is 3.71. The maximum atomic E-state index is 13.0. The van der Waals surface area contributed by atoms with Gasteiger partial charge in [-0.05, 0) is 22.6 Å². The van der Waals surface area contributed by atoms with Crippen molar-refractivity contribution in [1.29, 1.82) is 0 Å². The van der Waals surface area contributed by atoms with E-state index < -0.39 is 31.5 Å². The number of primary sulfonamides is 1. The predicted octanol–water partition coefficient (Wildman–Crippen LogP) is 1.28. The van der Waals surface area contributed by atoms with Crippen molar-refractivity contribution in [2.45, 2.75) is 11.4 Å². The highest BCUT2D eigenvalue weighted by Crippen LogP contribution is 2.22. The van der Waals surface area contributed by atoms with Crippen molar-refractivity contribution in [3.05, 3.63) is 50.9 Å². The molecule has 2 rings (SSSR count). The van der Waals surface area contributed by atoms with E-state index in [1.54, 1.807) is 0 Å². The van der Waals surface area contributed by atoms with Gasteiger partial charge in [0, 0.05) is 0 Å². The summed E-state index contributed by atoms with van der Waals surface area (Å²) in [7, 11) is -4.28. The van der Waals surface area contributed by atoms with Crippen molar-refractivity contribution in [2.75, 3.05) is 0 Å². The molecule has 11 heteroatoms. The van der Waals surface area contributed by atoms with Crippen LogP contribution in [0.5, 0.6) is 0 Å². The average molecular weight is 335 g/mol. The van der Waals surface area contributed by atoms with Crippen LogP contribution in [0.15, 0.2) is 29.3 Å². The highest BCUT2D eigenvalue weighted by atomic mass is 35.5. The first-order chi connectivity index (χ1) is 9.68. The summed E-state index contributed by atoms with van der Waals surface area (Å²) in [5, 5.41) is 19.1. The molecular weight excluding hydrogens is 327 g/mol. The van der Waals surface area contributed by atoms with Gasteiger partial charge in [0.2, 0.25) is 14.9 Å². The number of benzene rings is 1. The standard InChI is InChI=1S/C10H8ClFN4O4S/c11-7-3-6(1-2-8(7)12)4-15-5-9(21(13,19)20)10(14-15)16(17)18/h1-3,5H,4H2,(H2,13,19,20). The Morgan fingerprint density at radius 2 is 2.14 bits per heavy atom. The fraction of sp³-hybridized carbons (Fsp3) is 0.100. The number of nitrogens with two attached hydrogens (primary N) is 1. The molecule has 21 heavy (non-hydrogen) atoms. The van der Waals surface area contributed by atoms with Gasteiger partial charge < -0.3 is 10.1 Å². The molecule has 1 aromatic carbocycles. The summed E-state index contributed by atoms with van der Waals surface area (Å²) >= 11 is 5.61. The third kappa shape index (κ3) is 3.35. The number of hydrogen-bond acceptors (Lipinski definition) is 5. The predicted molar refractivity (Wildman–Crippen MR) is 70.8 cm³/mol. The van der Waals surface area contributed by atoms with Gasteiger partial charge in [-0.2, -0.15) is 4.68 Å². The first kappa shape index (κ1) is 15.4. The van der Waals surface area contributed by atoms with Crippen LogP contribution in [0, 0.1) is 15.9 Å². The van der Waals surface area contributed by atoms with Crippen LogP contribution in [0.3, 0.4) is 0 Å². The molecule has 1 heterocycles. The molecule has 0 fully saturated rings. The average Bonchev–Trinajstić information content (AvgIpc) is 2.78. The number of rotatable bonds is 4. The maximum Gasteiger partial charge on any atom is 0.410 e. The molecule has 0 spiro atoms. The first-order valence-electron chi connectivity index (χ1n) is 5.37. The second-order valence-corrected chi connectivity index (χ2v) is 6.00. The molecule has 0 atom stereocenters. The summed E-state index contributed by atoms with van der Waals surface area (Å²) in [6, 6.07) is 3.82. The zero-order chi connectivity index (χ0) is 15.8. The van der Waals surface area contributed by atoms with E-state index in [4.69, 9.17) is 16.7 Å². The van der Waals surface area contributed by atoms with E-state index in [9.17, 15) is 22.9 Å².